The predicted octanol–water partition coefficient (Wildman–Crippen LogP) is 3.66. The summed E-state index contributed by atoms with van der Waals surface area (Å²) in [6.45, 7) is 4.42. The Kier molecular flexibility index (Phi) is 3.24. The van der Waals surface area contributed by atoms with E-state index in [0.29, 0.717) is 6.54 Å². The average Bonchev–Trinajstić information content (AvgIpc) is 2.72. The van der Waals surface area contributed by atoms with E-state index in [1.54, 1.807) is 0 Å². The first-order valence-electron chi connectivity index (χ1n) is 8.63. The van der Waals surface area contributed by atoms with Crippen molar-refractivity contribution in [3.05, 3.63) is 23.2 Å². The second-order valence-corrected chi connectivity index (χ2v) is 7.94. The minimum Gasteiger partial charge on any atom is -0.466 e. The number of carbonyl (C=O) groups excluding carboxylic acids is 1. The van der Waals surface area contributed by atoms with Crippen LogP contribution in [0.3, 0.4) is 0 Å². The molecule has 0 atom stereocenters. The van der Waals surface area contributed by atoms with E-state index in [4.69, 9.17) is 4.42 Å². The van der Waals surface area contributed by atoms with Crippen molar-refractivity contribution in [2.75, 3.05) is 0 Å². The number of rotatable bonds is 3. The zero-order valence-corrected chi connectivity index (χ0v) is 13.6. The van der Waals surface area contributed by atoms with Crippen molar-refractivity contribution >= 4 is 6.03 Å². The molecule has 4 heteroatoms. The van der Waals surface area contributed by atoms with E-state index < -0.39 is 0 Å². The van der Waals surface area contributed by atoms with Gasteiger partial charge in [-0.3, -0.25) is 0 Å². The van der Waals surface area contributed by atoms with Gasteiger partial charge in [-0.15, -0.1) is 0 Å². The van der Waals surface area contributed by atoms with Gasteiger partial charge in [0.15, 0.2) is 0 Å². The third-order valence-corrected chi connectivity index (χ3v) is 6.00. The van der Waals surface area contributed by atoms with Crippen molar-refractivity contribution in [1.82, 2.24) is 10.6 Å². The number of urea groups is 1. The van der Waals surface area contributed by atoms with Crippen LogP contribution in [0.25, 0.3) is 0 Å². The maximum absolute atomic E-state index is 12.4. The molecule has 4 fully saturated rings. The summed E-state index contributed by atoms with van der Waals surface area (Å²) in [4.78, 5) is 12.4. The second kappa shape index (κ2) is 5.04. The number of nitrogens with one attached hydrogen (secondary N) is 2. The van der Waals surface area contributed by atoms with E-state index >= 15 is 0 Å². The Morgan fingerprint density at radius 1 is 1.18 bits per heavy atom. The first kappa shape index (κ1) is 14.2. The third kappa shape index (κ3) is 2.53. The molecule has 4 aliphatic rings. The summed E-state index contributed by atoms with van der Waals surface area (Å²) < 4.78 is 5.51. The molecule has 1 heterocycles. The molecule has 4 bridgehead atoms. The molecule has 0 radical (unpaired) electrons. The number of furan rings is 1. The molecule has 0 aliphatic heterocycles. The van der Waals surface area contributed by atoms with E-state index in [1.165, 1.54) is 38.5 Å². The molecule has 2 amide bonds. The Balaban J connectivity index is 1.37. The van der Waals surface area contributed by atoms with E-state index in [0.717, 1.165) is 34.8 Å². The van der Waals surface area contributed by atoms with E-state index in [9.17, 15) is 4.79 Å². The molecule has 0 saturated heterocycles. The summed E-state index contributed by atoms with van der Waals surface area (Å²) in [5.41, 5.74) is 1.15. The lowest BCUT2D eigenvalue weighted by Gasteiger charge is -2.56. The molecular weight excluding hydrogens is 276 g/mol. The van der Waals surface area contributed by atoms with Gasteiger partial charge in [-0.25, -0.2) is 4.79 Å². The minimum absolute atomic E-state index is 0.0137. The quantitative estimate of drug-likeness (QED) is 0.895. The van der Waals surface area contributed by atoms with Gasteiger partial charge in [-0.2, -0.15) is 0 Å². The summed E-state index contributed by atoms with van der Waals surface area (Å²) in [6, 6.07) is 1.99. The molecule has 4 nitrogen and oxygen atoms in total. The Labute approximate surface area is 132 Å². The molecule has 22 heavy (non-hydrogen) atoms. The zero-order chi connectivity index (χ0) is 15.3. The monoisotopic (exact) mass is 302 g/mol. The number of hydrogen-bond acceptors (Lipinski definition) is 2. The Hall–Kier alpha value is -1.45. The third-order valence-electron chi connectivity index (χ3n) is 6.00. The van der Waals surface area contributed by atoms with Crippen LogP contribution in [0.1, 0.15) is 55.6 Å². The fourth-order valence-corrected chi connectivity index (χ4v) is 5.58. The highest BCUT2D eigenvalue weighted by Crippen LogP contribution is 2.55. The van der Waals surface area contributed by atoms with Crippen LogP contribution in [-0.4, -0.2) is 11.6 Å². The predicted molar refractivity (Wildman–Crippen MR) is 84.5 cm³/mol. The lowest BCUT2D eigenvalue weighted by Crippen LogP contribution is -2.61. The largest absolute Gasteiger partial charge is 0.466 e. The highest BCUT2D eigenvalue weighted by Gasteiger charge is 2.51. The van der Waals surface area contributed by atoms with Crippen molar-refractivity contribution < 1.29 is 9.21 Å². The van der Waals surface area contributed by atoms with Crippen LogP contribution in [-0.2, 0) is 6.54 Å². The Morgan fingerprint density at radius 3 is 2.27 bits per heavy atom. The van der Waals surface area contributed by atoms with Crippen molar-refractivity contribution in [3.63, 3.8) is 0 Å². The van der Waals surface area contributed by atoms with Gasteiger partial charge in [0, 0.05) is 17.6 Å². The highest BCUT2D eigenvalue weighted by atomic mass is 16.3. The molecule has 1 aromatic heterocycles. The summed E-state index contributed by atoms with van der Waals surface area (Å²) in [5, 5.41) is 6.36. The van der Waals surface area contributed by atoms with Crippen LogP contribution in [0.5, 0.6) is 0 Å². The van der Waals surface area contributed by atoms with E-state index in [2.05, 4.69) is 10.6 Å². The first-order chi connectivity index (χ1) is 10.5. The van der Waals surface area contributed by atoms with Gasteiger partial charge in [0.05, 0.1) is 0 Å². The number of hydrogen-bond donors (Lipinski definition) is 2. The van der Waals surface area contributed by atoms with Gasteiger partial charge >= 0.3 is 6.03 Å². The lowest BCUT2D eigenvalue weighted by molar-refractivity contribution is -0.0135. The lowest BCUT2D eigenvalue weighted by atomic mass is 9.53. The number of carbonyl (C=O) groups is 1. The Bertz CT molecular complexity index is 555. The first-order valence-corrected chi connectivity index (χ1v) is 8.63. The summed E-state index contributed by atoms with van der Waals surface area (Å²) in [5.74, 6) is 4.35. The van der Waals surface area contributed by atoms with Crippen molar-refractivity contribution in [1.29, 1.82) is 0 Å². The number of amides is 2. The number of aryl methyl sites for hydroxylation is 2. The average molecular weight is 302 g/mol. The van der Waals surface area contributed by atoms with E-state index in [-0.39, 0.29) is 11.6 Å². The summed E-state index contributed by atoms with van der Waals surface area (Å²) in [7, 11) is 0. The van der Waals surface area contributed by atoms with Gasteiger partial charge in [0.25, 0.3) is 0 Å². The minimum atomic E-state index is -0.0137. The molecule has 120 valence electrons. The smallest absolute Gasteiger partial charge is 0.315 e. The van der Waals surface area contributed by atoms with Crippen LogP contribution >= 0.6 is 0 Å². The molecule has 0 spiro atoms. The van der Waals surface area contributed by atoms with Gasteiger partial charge in [-0.1, -0.05) is 0 Å². The van der Waals surface area contributed by atoms with Gasteiger partial charge < -0.3 is 15.1 Å². The van der Waals surface area contributed by atoms with Gasteiger partial charge in [0.1, 0.15) is 11.5 Å². The zero-order valence-electron chi connectivity index (χ0n) is 13.6. The van der Waals surface area contributed by atoms with Gasteiger partial charge in [0.2, 0.25) is 0 Å². The van der Waals surface area contributed by atoms with Crippen LogP contribution in [0, 0.1) is 31.6 Å². The van der Waals surface area contributed by atoms with Crippen molar-refractivity contribution in [2.24, 2.45) is 17.8 Å². The van der Waals surface area contributed by atoms with Crippen LogP contribution in [0.15, 0.2) is 10.5 Å². The second-order valence-electron chi connectivity index (χ2n) is 7.94. The summed E-state index contributed by atoms with van der Waals surface area (Å²) >= 11 is 0. The molecule has 0 unspecified atom stereocenters. The molecule has 1 aromatic rings. The Morgan fingerprint density at radius 2 is 1.77 bits per heavy atom. The summed E-state index contributed by atoms with van der Waals surface area (Å²) in [6.07, 6.45) is 7.77. The van der Waals surface area contributed by atoms with E-state index in [1.807, 2.05) is 19.9 Å². The standard InChI is InChI=1S/C18H26N2O2/c1-11-3-16(12(2)22-11)10-19-17(21)20-18-7-13-4-14(8-18)6-15(5-13)9-18/h3,13-15H,4-10H2,1-2H3,(H2,19,20,21). The van der Waals surface area contributed by atoms with Crippen LogP contribution in [0.4, 0.5) is 4.79 Å². The van der Waals surface area contributed by atoms with Crippen molar-refractivity contribution in [3.8, 4) is 0 Å². The SMILES string of the molecule is Cc1cc(CNC(=O)NC23CC4CC(CC(C4)C2)C3)c(C)o1. The fraction of sp³-hybridized carbons (Fsp3) is 0.722. The molecule has 0 aromatic carbocycles. The molecule has 5 rings (SSSR count). The topological polar surface area (TPSA) is 54.3 Å². The van der Waals surface area contributed by atoms with Crippen molar-refractivity contribution in [2.45, 2.75) is 64.5 Å². The fourth-order valence-electron chi connectivity index (χ4n) is 5.58. The van der Waals surface area contributed by atoms with Gasteiger partial charge in [-0.05, 0) is 76.2 Å². The molecular formula is C18H26N2O2. The maximum Gasteiger partial charge on any atom is 0.315 e. The van der Waals surface area contributed by atoms with Crippen LogP contribution < -0.4 is 10.6 Å². The maximum atomic E-state index is 12.4. The highest BCUT2D eigenvalue weighted by molar-refractivity contribution is 5.75. The molecule has 2 N–H and O–H groups in total. The van der Waals surface area contributed by atoms with Crippen LogP contribution in [0.2, 0.25) is 0 Å². The normalized spacial score (nSPS) is 35.6. The molecule has 4 saturated carbocycles. The molecule has 4 aliphatic carbocycles.